The molecule has 0 aliphatic carbocycles. The van der Waals surface area contributed by atoms with E-state index in [4.69, 9.17) is 4.74 Å². The summed E-state index contributed by atoms with van der Waals surface area (Å²) in [6.45, 7) is 3.08. The number of rotatable bonds is 4. The number of aryl methyl sites for hydroxylation is 1. The molecule has 0 amide bonds. The van der Waals surface area contributed by atoms with E-state index in [9.17, 15) is 0 Å². The largest absolute Gasteiger partial charge is 0.465 e. The van der Waals surface area contributed by atoms with Gasteiger partial charge >= 0.3 is 0 Å². The van der Waals surface area contributed by atoms with Crippen molar-refractivity contribution in [2.45, 2.75) is 12.8 Å². The van der Waals surface area contributed by atoms with Crippen LogP contribution in [0.25, 0.3) is 0 Å². The molecule has 1 N–H and O–H groups in total. The van der Waals surface area contributed by atoms with Crippen molar-refractivity contribution < 1.29 is 4.74 Å². The van der Waals surface area contributed by atoms with Crippen molar-refractivity contribution in [2.75, 3.05) is 19.7 Å². The van der Waals surface area contributed by atoms with Crippen LogP contribution < -0.4 is 10.1 Å². The Kier molecular flexibility index (Phi) is 3.03. The monoisotopic (exact) mass is 195 g/mol. The molecule has 1 aromatic rings. The average Bonchev–Trinajstić information content (AvgIpc) is 2.78. The number of nitrogens with zero attached hydrogens (tertiary/aromatic N) is 2. The van der Waals surface area contributed by atoms with Crippen molar-refractivity contribution in [1.82, 2.24) is 14.9 Å². The van der Waals surface area contributed by atoms with Crippen LogP contribution in [-0.2, 0) is 7.05 Å². The third kappa shape index (κ3) is 2.26. The molecule has 1 fully saturated rings. The first-order valence-electron chi connectivity index (χ1n) is 5.17. The summed E-state index contributed by atoms with van der Waals surface area (Å²) in [5.41, 5.74) is 0. The van der Waals surface area contributed by atoms with Crippen LogP contribution in [0.1, 0.15) is 12.8 Å². The van der Waals surface area contributed by atoms with Crippen LogP contribution in [-0.4, -0.2) is 29.2 Å². The van der Waals surface area contributed by atoms with Crippen molar-refractivity contribution in [2.24, 2.45) is 13.0 Å². The third-order valence-corrected chi connectivity index (χ3v) is 2.70. The molecule has 0 aromatic carbocycles. The van der Waals surface area contributed by atoms with Gasteiger partial charge in [0.1, 0.15) is 0 Å². The fraction of sp³-hybridized carbons (Fsp3) is 0.700. The predicted octanol–water partition coefficient (Wildman–Crippen LogP) is 0.798. The molecule has 1 aliphatic heterocycles. The number of imidazole rings is 1. The maximum absolute atomic E-state index is 5.56. The number of hydrogen-bond donors (Lipinski definition) is 1. The molecule has 4 heteroatoms. The molecule has 4 nitrogen and oxygen atoms in total. The first kappa shape index (κ1) is 9.52. The highest BCUT2D eigenvalue weighted by molar-refractivity contribution is 4.96. The van der Waals surface area contributed by atoms with Gasteiger partial charge in [-0.05, 0) is 31.8 Å². The zero-order valence-corrected chi connectivity index (χ0v) is 8.57. The fourth-order valence-corrected chi connectivity index (χ4v) is 1.77. The minimum absolute atomic E-state index is 0.718. The molecule has 1 unspecified atom stereocenters. The second-order valence-corrected chi connectivity index (χ2v) is 3.82. The Morgan fingerprint density at radius 2 is 2.64 bits per heavy atom. The molecule has 1 saturated heterocycles. The second kappa shape index (κ2) is 4.46. The Hall–Kier alpha value is -1.03. The lowest BCUT2D eigenvalue weighted by Crippen LogP contribution is -2.12. The van der Waals surface area contributed by atoms with Gasteiger partial charge in [0.05, 0.1) is 6.61 Å². The standard InChI is InChI=1S/C10H17N3O/c1-13-6-5-12-10(13)14-7-3-9-2-4-11-8-9/h5-6,9,11H,2-4,7-8H2,1H3. The van der Waals surface area contributed by atoms with E-state index < -0.39 is 0 Å². The summed E-state index contributed by atoms with van der Waals surface area (Å²) in [6, 6.07) is 0.718. The summed E-state index contributed by atoms with van der Waals surface area (Å²) in [6.07, 6.45) is 6.06. The summed E-state index contributed by atoms with van der Waals surface area (Å²) < 4.78 is 7.46. The minimum atomic E-state index is 0.718. The number of aromatic nitrogens is 2. The Morgan fingerprint density at radius 3 is 3.29 bits per heavy atom. The highest BCUT2D eigenvalue weighted by atomic mass is 16.5. The van der Waals surface area contributed by atoms with Gasteiger partial charge in [0.2, 0.25) is 0 Å². The van der Waals surface area contributed by atoms with Crippen molar-refractivity contribution in [1.29, 1.82) is 0 Å². The van der Waals surface area contributed by atoms with Crippen LogP contribution in [0, 0.1) is 5.92 Å². The van der Waals surface area contributed by atoms with Crippen molar-refractivity contribution in [3.63, 3.8) is 0 Å². The first-order valence-corrected chi connectivity index (χ1v) is 5.17. The van der Waals surface area contributed by atoms with Crippen LogP contribution in [0.3, 0.4) is 0 Å². The average molecular weight is 195 g/mol. The van der Waals surface area contributed by atoms with Gasteiger partial charge in [-0.3, -0.25) is 0 Å². The van der Waals surface area contributed by atoms with Gasteiger partial charge < -0.3 is 14.6 Å². The van der Waals surface area contributed by atoms with Gasteiger partial charge in [-0.15, -0.1) is 0 Å². The molecule has 1 aliphatic rings. The van der Waals surface area contributed by atoms with E-state index in [-0.39, 0.29) is 0 Å². The highest BCUT2D eigenvalue weighted by Crippen LogP contribution is 2.13. The summed E-state index contributed by atoms with van der Waals surface area (Å²) in [4.78, 5) is 4.11. The lowest BCUT2D eigenvalue weighted by molar-refractivity contribution is 0.256. The van der Waals surface area contributed by atoms with Crippen molar-refractivity contribution in [3.8, 4) is 6.01 Å². The maximum atomic E-state index is 5.56. The first-order chi connectivity index (χ1) is 6.86. The molecular formula is C10H17N3O. The van der Waals surface area contributed by atoms with Crippen LogP contribution in [0.5, 0.6) is 6.01 Å². The molecular weight excluding hydrogens is 178 g/mol. The van der Waals surface area contributed by atoms with Gasteiger partial charge in [-0.1, -0.05) is 0 Å². The topological polar surface area (TPSA) is 39.1 Å². The molecule has 2 rings (SSSR count). The van der Waals surface area contributed by atoms with E-state index in [1.807, 2.05) is 17.8 Å². The van der Waals surface area contributed by atoms with E-state index in [0.717, 1.165) is 38.0 Å². The van der Waals surface area contributed by atoms with Crippen molar-refractivity contribution in [3.05, 3.63) is 12.4 Å². The van der Waals surface area contributed by atoms with Gasteiger partial charge in [0.25, 0.3) is 6.01 Å². The van der Waals surface area contributed by atoms with Gasteiger partial charge in [0.15, 0.2) is 0 Å². The summed E-state index contributed by atoms with van der Waals surface area (Å²) in [7, 11) is 1.94. The molecule has 0 bridgehead atoms. The lowest BCUT2D eigenvalue weighted by atomic mass is 10.1. The van der Waals surface area contributed by atoms with E-state index in [1.165, 1.54) is 6.42 Å². The molecule has 78 valence electrons. The molecule has 0 spiro atoms. The van der Waals surface area contributed by atoms with Crippen LogP contribution in [0.4, 0.5) is 0 Å². The number of ether oxygens (including phenoxy) is 1. The lowest BCUT2D eigenvalue weighted by Gasteiger charge is -2.09. The molecule has 2 heterocycles. The van der Waals surface area contributed by atoms with E-state index in [0.29, 0.717) is 0 Å². The molecule has 1 atom stereocenters. The molecule has 1 aromatic heterocycles. The molecule has 0 radical (unpaired) electrons. The van der Waals surface area contributed by atoms with E-state index in [2.05, 4.69) is 10.3 Å². The van der Waals surface area contributed by atoms with E-state index >= 15 is 0 Å². The van der Waals surface area contributed by atoms with E-state index in [1.54, 1.807) is 6.20 Å². The Morgan fingerprint density at radius 1 is 1.71 bits per heavy atom. The van der Waals surface area contributed by atoms with Crippen LogP contribution in [0.2, 0.25) is 0 Å². The van der Waals surface area contributed by atoms with Gasteiger partial charge in [0, 0.05) is 19.4 Å². The highest BCUT2D eigenvalue weighted by Gasteiger charge is 2.14. The summed E-state index contributed by atoms with van der Waals surface area (Å²) in [5.74, 6) is 0.787. The van der Waals surface area contributed by atoms with Crippen LogP contribution in [0.15, 0.2) is 12.4 Å². The third-order valence-electron chi connectivity index (χ3n) is 2.70. The minimum Gasteiger partial charge on any atom is -0.465 e. The summed E-state index contributed by atoms with van der Waals surface area (Å²) >= 11 is 0. The Bertz CT molecular complexity index is 279. The smallest absolute Gasteiger partial charge is 0.295 e. The fourth-order valence-electron chi connectivity index (χ4n) is 1.77. The SMILES string of the molecule is Cn1ccnc1OCCC1CCNC1. The zero-order chi connectivity index (χ0) is 9.80. The number of hydrogen-bond acceptors (Lipinski definition) is 3. The van der Waals surface area contributed by atoms with Crippen molar-refractivity contribution >= 4 is 0 Å². The summed E-state index contributed by atoms with van der Waals surface area (Å²) in [5, 5.41) is 3.35. The Balaban J connectivity index is 1.70. The predicted molar refractivity (Wildman–Crippen MR) is 54.3 cm³/mol. The zero-order valence-electron chi connectivity index (χ0n) is 8.57. The molecule has 0 saturated carbocycles. The van der Waals surface area contributed by atoms with Gasteiger partial charge in [-0.25, -0.2) is 4.98 Å². The quantitative estimate of drug-likeness (QED) is 0.772. The normalized spacial score (nSPS) is 21.4. The maximum Gasteiger partial charge on any atom is 0.295 e. The second-order valence-electron chi connectivity index (χ2n) is 3.82. The Labute approximate surface area is 84.3 Å². The number of nitrogens with one attached hydrogen (secondary N) is 1. The molecule has 14 heavy (non-hydrogen) atoms. The van der Waals surface area contributed by atoms with Crippen LogP contribution >= 0.6 is 0 Å². The van der Waals surface area contributed by atoms with Gasteiger partial charge in [-0.2, -0.15) is 0 Å².